The zero-order valence-corrected chi connectivity index (χ0v) is 9.56. The Kier molecular flexibility index (Phi) is 2.97. The molecular formula is C12H16O4. The summed E-state index contributed by atoms with van der Waals surface area (Å²) in [4.78, 5) is 11.1. The van der Waals surface area contributed by atoms with Crippen molar-refractivity contribution >= 4 is 5.97 Å². The average molecular weight is 224 g/mol. The number of benzene rings is 1. The van der Waals surface area contributed by atoms with Crippen molar-refractivity contribution in [2.75, 3.05) is 0 Å². The molecule has 0 heterocycles. The van der Waals surface area contributed by atoms with Gasteiger partial charge in [-0.05, 0) is 38.5 Å². The number of carboxylic acids is 1. The highest BCUT2D eigenvalue weighted by Gasteiger charge is 2.46. The van der Waals surface area contributed by atoms with E-state index in [-0.39, 0.29) is 5.75 Å². The Morgan fingerprint density at radius 3 is 1.94 bits per heavy atom. The van der Waals surface area contributed by atoms with Crippen LogP contribution in [0.4, 0.5) is 0 Å². The third kappa shape index (κ3) is 1.88. The third-order valence-corrected chi connectivity index (χ3v) is 3.18. The van der Waals surface area contributed by atoms with E-state index in [9.17, 15) is 9.90 Å². The number of hydrogen-bond acceptors (Lipinski definition) is 3. The minimum absolute atomic E-state index is 0.0766. The van der Waals surface area contributed by atoms with Crippen LogP contribution in [-0.2, 0) is 10.4 Å². The van der Waals surface area contributed by atoms with E-state index in [1.54, 1.807) is 0 Å². The second-order valence-corrected chi connectivity index (χ2v) is 4.55. The van der Waals surface area contributed by atoms with Crippen LogP contribution in [-0.4, -0.2) is 21.3 Å². The van der Waals surface area contributed by atoms with Gasteiger partial charge < -0.3 is 15.3 Å². The van der Waals surface area contributed by atoms with Crippen molar-refractivity contribution in [2.45, 2.75) is 26.4 Å². The molecule has 0 fully saturated rings. The van der Waals surface area contributed by atoms with Crippen LogP contribution in [0, 0.1) is 5.41 Å². The predicted octanol–water partition coefficient (Wildman–Crippen LogP) is 1.71. The van der Waals surface area contributed by atoms with Crippen molar-refractivity contribution in [1.29, 1.82) is 0 Å². The Morgan fingerprint density at radius 2 is 1.56 bits per heavy atom. The molecule has 1 aromatic carbocycles. The summed E-state index contributed by atoms with van der Waals surface area (Å²) in [6.07, 6.45) is 0. The predicted molar refractivity (Wildman–Crippen MR) is 59.1 cm³/mol. The summed E-state index contributed by atoms with van der Waals surface area (Å²) in [6.45, 7) is 4.37. The van der Waals surface area contributed by atoms with E-state index in [0.29, 0.717) is 5.56 Å². The number of aliphatic carboxylic acids is 1. The fourth-order valence-corrected chi connectivity index (χ4v) is 1.36. The number of phenolic OH excluding ortho intramolecular Hbond substituents is 1. The van der Waals surface area contributed by atoms with Gasteiger partial charge in [-0.25, -0.2) is 0 Å². The third-order valence-electron chi connectivity index (χ3n) is 3.18. The molecule has 1 rings (SSSR count). The lowest BCUT2D eigenvalue weighted by atomic mass is 9.72. The van der Waals surface area contributed by atoms with Gasteiger partial charge in [-0.1, -0.05) is 12.1 Å². The Bertz CT molecular complexity index is 390. The quantitative estimate of drug-likeness (QED) is 0.730. The number of phenols is 1. The second-order valence-electron chi connectivity index (χ2n) is 4.55. The molecule has 1 aromatic rings. The van der Waals surface area contributed by atoms with Gasteiger partial charge in [0, 0.05) is 0 Å². The molecule has 4 nitrogen and oxygen atoms in total. The normalized spacial score (nSPS) is 15.5. The summed E-state index contributed by atoms with van der Waals surface area (Å²) < 4.78 is 0. The zero-order chi connectivity index (χ0) is 12.6. The molecule has 4 heteroatoms. The first kappa shape index (κ1) is 12.5. The topological polar surface area (TPSA) is 77.8 Å². The zero-order valence-electron chi connectivity index (χ0n) is 9.56. The van der Waals surface area contributed by atoms with Crippen LogP contribution < -0.4 is 0 Å². The van der Waals surface area contributed by atoms with Crippen molar-refractivity contribution in [3.8, 4) is 5.75 Å². The maximum atomic E-state index is 11.1. The molecule has 3 N–H and O–H groups in total. The van der Waals surface area contributed by atoms with Crippen molar-refractivity contribution in [1.82, 2.24) is 0 Å². The molecule has 0 aliphatic carbocycles. The van der Waals surface area contributed by atoms with Gasteiger partial charge in [0.25, 0.3) is 0 Å². The molecule has 0 amide bonds. The molecular weight excluding hydrogens is 208 g/mol. The molecule has 16 heavy (non-hydrogen) atoms. The number of aromatic hydroxyl groups is 1. The summed E-state index contributed by atoms with van der Waals surface area (Å²) in [5.41, 5.74) is -2.37. The van der Waals surface area contributed by atoms with Crippen molar-refractivity contribution in [3.63, 3.8) is 0 Å². The number of aliphatic hydroxyl groups is 1. The van der Waals surface area contributed by atoms with Crippen LogP contribution in [0.15, 0.2) is 24.3 Å². The lowest BCUT2D eigenvalue weighted by molar-refractivity contribution is -0.164. The van der Waals surface area contributed by atoms with Gasteiger partial charge in [-0.2, -0.15) is 0 Å². The van der Waals surface area contributed by atoms with E-state index in [1.165, 1.54) is 45.0 Å². The number of rotatable bonds is 3. The SMILES string of the molecule is CC(C)(C(=O)O)C(C)(O)c1ccc(O)cc1. The maximum absolute atomic E-state index is 11.1. The Hall–Kier alpha value is -1.55. The highest BCUT2D eigenvalue weighted by molar-refractivity contribution is 5.75. The van der Waals surface area contributed by atoms with Crippen LogP contribution in [0.25, 0.3) is 0 Å². The number of hydrogen-bond donors (Lipinski definition) is 3. The number of carbonyl (C=O) groups is 1. The van der Waals surface area contributed by atoms with Crippen LogP contribution >= 0.6 is 0 Å². The molecule has 0 saturated carbocycles. The summed E-state index contributed by atoms with van der Waals surface area (Å²) in [7, 11) is 0. The summed E-state index contributed by atoms with van der Waals surface area (Å²) >= 11 is 0. The summed E-state index contributed by atoms with van der Waals surface area (Å²) in [5, 5.41) is 28.5. The Morgan fingerprint density at radius 1 is 1.12 bits per heavy atom. The first-order chi connectivity index (χ1) is 7.19. The minimum atomic E-state index is -1.51. The monoisotopic (exact) mass is 224 g/mol. The largest absolute Gasteiger partial charge is 0.508 e. The van der Waals surface area contributed by atoms with Crippen molar-refractivity contribution in [3.05, 3.63) is 29.8 Å². The molecule has 1 atom stereocenters. The van der Waals surface area contributed by atoms with Gasteiger partial charge in [0.2, 0.25) is 0 Å². The van der Waals surface area contributed by atoms with Gasteiger partial charge in [0.1, 0.15) is 11.4 Å². The molecule has 88 valence electrons. The van der Waals surface area contributed by atoms with E-state index in [0.717, 1.165) is 0 Å². The molecule has 0 aliphatic heterocycles. The van der Waals surface area contributed by atoms with E-state index in [4.69, 9.17) is 10.2 Å². The minimum Gasteiger partial charge on any atom is -0.508 e. The molecule has 0 aromatic heterocycles. The lowest BCUT2D eigenvalue weighted by Crippen LogP contribution is -2.44. The van der Waals surface area contributed by atoms with Gasteiger partial charge in [-0.3, -0.25) is 4.79 Å². The summed E-state index contributed by atoms with van der Waals surface area (Å²) in [6, 6.07) is 5.86. The van der Waals surface area contributed by atoms with E-state index < -0.39 is 17.0 Å². The Balaban J connectivity index is 3.20. The van der Waals surface area contributed by atoms with E-state index in [2.05, 4.69) is 0 Å². The first-order valence-electron chi connectivity index (χ1n) is 4.95. The molecule has 0 spiro atoms. The van der Waals surface area contributed by atoms with Crippen LogP contribution in [0.2, 0.25) is 0 Å². The first-order valence-corrected chi connectivity index (χ1v) is 4.95. The smallest absolute Gasteiger partial charge is 0.312 e. The number of carboxylic acid groups (broad SMARTS) is 1. The van der Waals surface area contributed by atoms with Gasteiger partial charge in [-0.15, -0.1) is 0 Å². The maximum Gasteiger partial charge on any atom is 0.312 e. The molecule has 0 aliphatic rings. The van der Waals surface area contributed by atoms with Gasteiger partial charge in [0.15, 0.2) is 0 Å². The Labute approximate surface area is 94.2 Å². The molecule has 0 saturated heterocycles. The van der Waals surface area contributed by atoms with Crippen molar-refractivity contribution < 1.29 is 20.1 Å². The van der Waals surface area contributed by atoms with Crippen LogP contribution in [0.3, 0.4) is 0 Å². The fraction of sp³-hybridized carbons (Fsp3) is 0.417. The standard InChI is InChI=1S/C12H16O4/c1-11(2,10(14)15)12(3,16)8-4-6-9(13)7-5-8/h4-7,13,16H,1-3H3,(H,14,15). The van der Waals surface area contributed by atoms with Gasteiger partial charge in [0.05, 0.1) is 5.41 Å². The molecule has 0 bridgehead atoms. The molecule has 1 unspecified atom stereocenters. The van der Waals surface area contributed by atoms with Gasteiger partial charge >= 0.3 is 5.97 Å². The van der Waals surface area contributed by atoms with Crippen LogP contribution in [0.5, 0.6) is 5.75 Å². The highest BCUT2D eigenvalue weighted by Crippen LogP contribution is 2.39. The lowest BCUT2D eigenvalue weighted by Gasteiger charge is -2.36. The van der Waals surface area contributed by atoms with E-state index >= 15 is 0 Å². The van der Waals surface area contributed by atoms with Crippen molar-refractivity contribution in [2.24, 2.45) is 5.41 Å². The van der Waals surface area contributed by atoms with Crippen LogP contribution in [0.1, 0.15) is 26.3 Å². The average Bonchev–Trinajstić information content (AvgIpc) is 2.17. The second kappa shape index (κ2) is 3.79. The summed E-state index contributed by atoms with van der Waals surface area (Å²) in [5.74, 6) is -1.00. The highest BCUT2D eigenvalue weighted by atomic mass is 16.4. The molecule has 0 radical (unpaired) electrons. The van der Waals surface area contributed by atoms with E-state index in [1.807, 2.05) is 0 Å². The fourth-order valence-electron chi connectivity index (χ4n) is 1.36.